The largest absolute Gasteiger partial charge is 0.374 e. The molecule has 19 unspecified atom stereocenters. The molecule has 0 spiro atoms. The van der Waals surface area contributed by atoms with E-state index in [1.54, 1.807) is 57.8 Å². The van der Waals surface area contributed by atoms with Crippen molar-refractivity contribution >= 4 is 23.5 Å². The summed E-state index contributed by atoms with van der Waals surface area (Å²) in [5, 5.41) is 4.12. The first kappa shape index (κ1) is 39.9. The van der Waals surface area contributed by atoms with Gasteiger partial charge in [-0.1, -0.05) is 44.9 Å². The SMILES string of the molecule is C1CCC2C(C1)OC1CC(C3CCC(N(C4CCC(C5CCCC6C7CCC8SC9CCCCC9C8C7SC56)CC4)C4CCCC5OC6CCCCC6C54)CC3)CCC12. The van der Waals surface area contributed by atoms with Gasteiger partial charge in [-0.05, 0) is 219 Å². The smallest absolute Gasteiger partial charge is 0.0625 e. The Balaban J connectivity index is 0.704. The first-order valence-corrected chi connectivity index (χ1v) is 29.5. The Kier molecular flexibility index (Phi) is 11.3. The standard InChI is InChI=1S/C54H85NO2S2/c1-4-15-45-38(9-1)39-28-23-34(31-48(39)57-45)32-19-24-35(25-20-32)55(44-14-8-17-47-51(44)42-10-2-5-16-46(42)56-47)36-26-21-33(22-27-36)37-12-7-13-40-41-29-30-50-52(54(41)59-53(37)40)43-11-3-6-18-49(43)58-50/h32-54H,1-31H2. The van der Waals surface area contributed by atoms with Crippen LogP contribution >= 0.6 is 23.5 Å². The third-order valence-electron chi connectivity index (χ3n) is 22.4. The monoisotopic (exact) mass is 844 g/mol. The van der Waals surface area contributed by atoms with Crippen molar-refractivity contribution in [3.8, 4) is 0 Å². The third kappa shape index (κ3) is 7.01. The number of nitrogens with zero attached hydrogens (tertiary/aromatic N) is 1. The molecule has 4 saturated heterocycles. The number of ether oxygens (including phenoxy) is 2. The van der Waals surface area contributed by atoms with Gasteiger partial charge < -0.3 is 9.47 Å². The van der Waals surface area contributed by atoms with Gasteiger partial charge in [0, 0.05) is 45.0 Å². The van der Waals surface area contributed by atoms with Crippen LogP contribution in [0.2, 0.25) is 0 Å². The predicted octanol–water partition coefficient (Wildman–Crippen LogP) is 13.5. The molecule has 0 N–H and O–H groups in total. The van der Waals surface area contributed by atoms with Gasteiger partial charge in [0.1, 0.15) is 0 Å². The molecule has 59 heavy (non-hydrogen) atoms. The quantitative estimate of drug-likeness (QED) is 0.274. The van der Waals surface area contributed by atoms with Crippen LogP contribution in [0, 0.1) is 71.0 Å². The van der Waals surface area contributed by atoms with Crippen LogP contribution in [-0.2, 0) is 9.47 Å². The molecule has 19 atom stereocenters. The molecule has 0 amide bonds. The summed E-state index contributed by atoms with van der Waals surface area (Å²) in [5.41, 5.74) is 0. The van der Waals surface area contributed by atoms with Gasteiger partial charge in [0.25, 0.3) is 0 Å². The second-order valence-corrected chi connectivity index (χ2v) is 27.4. The maximum atomic E-state index is 7.08. The lowest BCUT2D eigenvalue weighted by Gasteiger charge is -2.53. The Bertz CT molecular complexity index is 1460. The summed E-state index contributed by atoms with van der Waals surface area (Å²) in [6.07, 6.45) is 48.8. The number of thioether (sulfide) groups is 2. The highest BCUT2D eigenvalue weighted by Crippen LogP contribution is 2.66. The van der Waals surface area contributed by atoms with Crippen molar-refractivity contribution in [3.05, 3.63) is 0 Å². The Morgan fingerprint density at radius 2 is 0.898 bits per heavy atom. The Labute approximate surface area is 369 Å². The number of fused-ring (bicyclic) bond motifs is 13. The number of hydrogen-bond acceptors (Lipinski definition) is 5. The summed E-state index contributed by atoms with van der Waals surface area (Å²) in [6.45, 7) is 0. The molecular formula is C54H85NO2S2. The normalized spacial score (nSPS) is 56.8. The summed E-state index contributed by atoms with van der Waals surface area (Å²) < 4.78 is 14.0. The molecule has 0 aromatic heterocycles. The van der Waals surface area contributed by atoms with Gasteiger partial charge in [-0.2, -0.15) is 23.5 Å². The minimum absolute atomic E-state index is 0.575. The van der Waals surface area contributed by atoms with Crippen LogP contribution < -0.4 is 0 Å². The highest BCUT2D eigenvalue weighted by atomic mass is 32.2. The van der Waals surface area contributed by atoms with Crippen LogP contribution in [0.1, 0.15) is 199 Å². The molecule has 13 rings (SSSR count). The van der Waals surface area contributed by atoms with E-state index in [0.29, 0.717) is 24.4 Å². The van der Waals surface area contributed by atoms with Gasteiger partial charge in [0.15, 0.2) is 0 Å². The third-order valence-corrected chi connectivity index (χ3v) is 26.2. The van der Waals surface area contributed by atoms with Gasteiger partial charge in [0.2, 0.25) is 0 Å². The first-order valence-electron chi connectivity index (χ1n) is 27.6. The maximum Gasteiger partial charge on any atom is 0.0625 e. The van der Waals surface area contributed by atoms with Crippen LogP contribution in [0.5, 0.6) is 0 Å². The van der Waals surface area contributed by atoms with Crippen molar-refractivity contribution in [3.63, 3.8) is 0 Å². The molecule has 9 aliphatic carbocycles. The maximum absolute atomic E-state index is 7.08. The summed E-state index contributed by atoms with van der Waals surface area (Å²) >= 11 is 5.17. The van der Waals surface area contributed by atoms with Crippen LogP contribution in [0.25, 0.3) is 0 Å². The summed E-state index contributed by atoms with van der Waals surface area (Å²) in [6, 6.07) is 2.50. The zero-order valence-electron chi connectivity index (χ0n) is 37.3. The van der Waals surface area contributed by atoms with E-state index in [4.69, 9.17) is 9.47 Å². The van der Waals surface area contributed by atoms with E-state index in [0.717, 1.165) is 110 Å². The Morgan fingerprint density at radius 3 is 1.73 bits per heavy atom. The van der Waals surface area contributed by atoms with Crippen molar-refractivity contribution in [2.24, 2.45) is 71.0 Å². The van der Waals surface area contributed by atoms with Crippen molar-refractivity contribution in [2.45, 2.75) is 263 Å². The average Bonchev–Trinajstić information content (AvgIpc) is 4.06. The molecule has 4 aliphatic heterocycles. The van der Waals surface area contributed by atoms with E-state index in [1.165, 1.54) is 141 Å². The van der Waals surface area contributed by atoms with Gasteiger partial charge in [0.05, 0.1) is 24.4 Å². The fourth-order valence-corrected chi connectivity index (χ4v) is 24.8. The van der Waals surface area contributed by atoms with Crippen LogP contribution in [0.4, 0.5) is 0 Å². The molecule has 0 aromatic carbocycles. The van der Waals surface area contributed by atoms with Crippen molar-refractivity contribution in [2.75, 3.05) is 0 Å². The minimum atomic E-state index is 0.575. The van der Waals surface area contributed by atoms with Crippen molar-refractivity contribution in [1.29, 1.82) is 0 Å². The van der Waals surface area contributed by atoms with E-state index < -0.39 is 0 Å². The fourth-order valence-electron chi connectivity index (χ4n) is 20.1. The van der Waals surface area contributed by atoms with Crippen molar-refractivity contribution in [1.82, 2.24) is 4.90 Å². The van der Waals surface area contributed by atoms with E-state index in [2.05, 4.69) is 28.4 Å². The number of hydrogen-bond donors (Lipinski definition) is 0. The predicted molar refractivity (Wildman–Crippen MR) is 246 cm³/mol. The highest BCUT2D eigenvalue weighted by molar-refractivity contribution is 8.02. The molecule has 0 aromatic rings. The summed E-state index contributed by atoms with van der Waals surface area (Å²) in [4.78, 5) is 3.40. The average molecular weight is 844 g/mol. The lowest BCUT2D eigenvalue weighted by Crippen LogP contribution is -2.58. The molecule has 5 heteroatoms. The lowest BCUT2D eigenvalue weighted by molar-refractivity contribution is -0.0553. The van der Waals surface area contributed by atoms with Crippen LogP contribution in [0.3, 0.4) is 0 Å². The molecular weight excluding hydrogens is 759 g/mol. The first-order chi connectivity index (χ1) is 29.2. The topological polar surface area (TPSA) is 21.7 Å². The fraction of sp³-hybridized carbons (Fsp3) is 1.00. The van der Waals surface area contributed by atoms with E-state index in [1.807, 2.05) is 0 Å². The van der Waals surface area contributed by atoms with E-state index in [-0.39, 0.29) is 0 Å². The van der Waals surface area contributed by atoms with Crippen LogP contribution in [0.15, 0.2) is 0 Å². The summed E-state index contributed by atoms with van der Waals surface area (Å²) in [5.74, 6) is 11.8. The minimum Gasteiger partial charge on any atom is -0.374 e. The zero-order valence-corrected chi connectivity index (χ0v) is 38.9. The molecule has 0 bridgehead atoms. The van der Waals surface area contributed by atoms with Gasteiger partial charge in [-0.15, -0.1) is 0 Å². The molecule has 330 valence electrons. The molecule has 9 saturated carbocycles. The van der Waals surface area contributed by atoms with Gasteiger partial charge >= 0.3 is 0 Å². The molecule has 4 heterocycles. The molecule has 0 radical (unpaired) electrons. The van der Waals surface area contributed by atoms with Crippen molar-refractivity contribution < 1.29 is 9.47 Å². The zero-order chi connectivity index (χ0) is 38.6. The number of rotatable bonds is 5. The second kappa shape index (κ2) is 16.8. The van der Waals surface area contributed by atoms with E-state index >= 15 is 0 Å². The molecule has 13 fully saturated rings. The second-order valence-electron chi connectivity index (χ2n) is 24.5. The van der Waals surface area contributed by atoms with E-state index in [9.17, 15) is 0 Å². The van der Waals surface area contributed by atoms with Gasteiger partial charge in [-0.25, -0.2) is 0 Å². The van der Waals surface area contributed by atoms with Gasteiger partial charge in [-0.3, -0.25) is 4.90 Å². The lowest BCUT2D eigenvalue weighted by atomic mass is 9.62. The summed E-state index contributed by atoms with van der Waals surface area (Å²) in [7, 11) is 0. The highest BCUT2D eigenvalue weighted by Gasteiger charge is 2.60. The molecule has 3 nitrogen and oxygen atoms in total. The Hall–Kier alpha value is 0.580. The van der Waals surface area contributed by atoms with Crippen LogP contribution in [-0.4, -0.2) is 68.4 Å². The Morgan fingerprint density at radius 1 is 0.322 bits per heavy atom. The molecule has 13 aliphatic rings.